The predicted molar refractivity (Wildman–Crippen MR) is 85.2 cm³/mol. The highest BCUT2D eigenvalue weighted by Crippen LogP contribution is 2.31. The number of ether oxygens (including phenoxy) is 2. The van der Waals surface area contributed by atoms with Crippen molar-refractivity contribution in [2.75, 3.05) is 12.8 Å². The maximum absolute atomic E-state index is 6.02. The number of rotatable bonds is 4. The molecule has 3 aromatic rings. The third kappa shape index (κ3) is 2.58. The Kier molecular flexibility index (Phi) is 3.87. The van der Waals surface area contributed by atoms with Gasteiger partial charge in [-0.15, -0.1) is 0 Å². The number of nitrogen functional groups attached to an aromatic ring is 1. The van der Waals surface area contributed by atoms with E-state index in [1.807, 2.05) is 17.7 Å². The monoisotopic (exact) mass is 318 g/mol. The molecule has 0 bridgehead atoms. The number of nitrogens with two attached hydrogens (primary N) is 1. The molecular weight excluding hydrogens is 304 g/mol. The Labute approximate surface area is 132 Å². The van der Waals surface area contributed by atoms with Gasteiger partial charge in [0.1, 0.15) is 17.6 Å². The number of anilines is 1. The van der Waals surface area contributed by atoms with Gasteiger partial charge in [0.15, 0.2) is 0 Å². The van der Waals surface area contributed by atoms with Gasteiger partial charge in [0.25, 0.3) is 0 Å². The zero-order valence-corrected chi connectivity index (χ0v) is 13.0. The van der Waals surface area contributed by atoms with E-state index >= 15 is 0 Å². The van der Waals surface area contributed by atoms with Crippen molar-refractivity contribution in [2.45, 2.75) is 6.61 Å². The lowest BCUT2D eigenvalue weighted by atomic mass is 10.3. The van der Waals surface area contributed by atoms with E-state index in [0.717, 1.165) is 16.7 Å². The molecule has 0 unspecified atom stereocenters. The van der Waals surface area contributed by atoms with Crippen LogP contribution in [0.5, 0.6) is 11.6 Å². The fourth-order valence-corrected chi connectivity index (χ4v) is 2.41. The smallest absolute Gasteiger partial charge is 0.247 e. The van der Waals surface area contributed by atoms with Crippen molar-refractivity contribution in [3.8, 4) is 11.6 Å². The second kappa shape index (κ2) is 5.82. The van der Waals surface area contributed by atoms with Gasteiger partial charge < -0.3 is 19.8 Å². The second-order valence-corrected chi connectivity index (χ2v) is 5.23. The van der Waals surface area contributed by atoms with E-state index < -0.39 is 0 Å². The van der Waals surface area contributed by atoms with Crippen LogP contribution in [-0.4, -0.2) is 21.6 Å². The van der Waals surface area contributed by atoms with Crippen LogP contribution in [0.25, 0.3) is 11.0 Å². The molecule has 6 nitrogen and oxygen atoms in total. The van der Waals surface area contributed by atoms with E-state index in [0.29, 0.717) is 28.9 Å². The molecule has 7 heteroatoms. The highest BCUT2D eigenvalue weighted by molar-refractivity contribution is 6.33. The number of hydrogen-bond acceptors (Lipinski definition) is 5. The molecule has 0 aliphatic heterocycles. The molecule has 1 aromatic carbocycles. The van der Waals surface area contributed by atoms with Crippen molar-refractivity contribution in [1.29, 1.82) is 0 Å². The van der Waals surface area contributed by atoms with Gasteiger partial charge in [-0.1, -0.05) is 11.6 Å². The number of aromatic nitrogens is 3. The van der Waals surface area contributed by atoms with Crippen LogP contribution in [0, 0.1) is 0 Å². The lowest BCUT2D eigenvalue weighted by Gasteiger charge is -2.09. The van der Waals surface area contributed by atoms with Crippen molar-refractivity contribution in [3.05, 3.63) is 41.3 Å². The SMILES string of the molecule is COCc1cc2ncnc(Oc3ccc(N)c(Cl)c3)c2n1C. The molecule has 0 aliphatic rings. The Morgan fingerprint density at radius 1 is 1.27 bits per heavy atom. The fraction of sp³-hybridized carbons (Fsp3) is 0.200. The summed E-state index contributed by atoms with van der Waals surface area (Å²) in [5, 5.41) is 0.440. The third-order valence-electron chi connectivity index (χ3n) is 3.37. The molecule has 2 aromatic heterocycles. The number of aryl methyl sites for hydroxylation is 1. The summed E-state index contributed by atoms with van der Waals surface area (Å²) in [6.45, 7) is 0.486. The maximum atomic E-state index is 6.02. The highest BCUT2D eigenvalue weighted by Gasteiger charge is 2.14. The Morgan fingerprint density at radius 2 is 2.09 bits per heavy atom. The fourth-order valence-electron chi connectivity index (χ4n) is 2.24. The van der Waals surface area contributed by atoms with Crippen LogP contribution in [-0.2, 0) is 18.4 Å². The topological polar surface area (TPSA) is 75.2 Å². The standard InChI is InChI=1S/C15H15ClN4O2/c1-20-9(7-21-2)5-13-14(20)15(19-8-18-13)22-10-3-4-12(17)11(16)6-10/h3-6,8H,7,17H2,1-2H3. The number of methoxy groups -OCH3 is 1. The van der Waals surface area contributed by atoms with Crippen LogP contribution < -0.4 is 10.5 Å². The van der Waals surface area contributed by atoms with Gasteiger partial charge >= 0.3 is 0 Å². The van der Waals surface area contributed by atoms with Crippen molar-refractivity contribution in [3.63, 3.8) is 0 Å². The minimum atomic E-state index is 0.440. The van der Waals surface area contributed by atoms with Crippen LogP contribution in [0.1, 0.15) is 5.69 Å². The minimum absolute atomic E-state index is 0.440. The number of nitrogens with zero attached hydrogens (tertiary/aromatic N) is 3. The molecule has 0 spiro atoms. The van der Waals surface area contributed by atoms with E-state index in [-0.39, 0.29) is 0 Å². The van der Waals surface area contributed by atoms with Gasteiger partial charge in [0.2, 0.25) is 5.88 Å². The zero-order chi connectivity index (χ0) is 15.7. The second-order valence-electron chi connectivity index (χ2n) is 4.83. The Bertz CT molecular complexity index is 832. The molecule has 0 aliphatic carbocycles. The van der Waals surface area contributed by atoms with E-state index in [1.54, 1.807) is 25.3 Å². The Morgan fingerprint density at radius 3 is 2.82 bits per heavy atom. The molecule has 2 N–H and O–H groups in total. The van der Waals surface area contributed by atoms with Crippen LogP contribution >= 0.6 is 11.6 Å². The summed E-state index contributed by atoms with van der Waals surface area (Å²) in [4.78, 5) is 8.48. The first-order chi connectivity index (χ1) is 10.6. The predicted octanol–water partition coefficient (Wildman–Crippen LogP) is 3.14. The number of benzene rings is 1. The normalized spacial score (nSPS) is 11.0. The largest absolute Gasteiger partial charge is 0.437 e. The number of fused-ring (bicyclic) bond motifs is 1. The van der Waals surface area contributed by atoms with Crippen LogP contribution in [0.3, 0.4) is 0 Å². The molecule has 0 saturated carbocycles. The van der Waals surface area contributed by atoms with E-state index in [2.05, 4.69) is 9.97 Å². The summed E-state index contributed by atoms with van der Waals surface area (Å²) in [7, 11) is 3.57. The van der Waals surface area contributed by atoms with Gasteiger partial charge in [-0.25, -0.2) is 4.98 Å². The van der Waals surface area contributed by atoms with Gasteiger partial charge in [0.05, 0.1) is 22.8 Å². The molecule has 2 heterocycles. The van der Waals surface area contributed by atoms with E-state index in [9.17, 15) is 0 Å². The van der Waals surface area contributed by atoms with E-state index in [1.165, 1.54) is 6.33 Å². The zero-order valence-electron chi connectivity index (χ0n) is 12.2. The summed E-state index contributed by atoms with van der Waals surface area (Å²) >= 11 is 6.02. The molecule has 0 saturated heterocycles. The van der Waals surface area contributed by atoms with Crippen molar-refractivity contribution >= 4 is 28.3 Å². The van der Waals surface area contributed by atoms with Gasteiger partial charge in [0, 0.05) is 25.9 Å². The number of halogens is 1. The number of hydrogen-bond donors (Lipinski definition) is 1. The average molecular weight is 319 g/mol. The first-order valence-corrected chi connectivity index (χ1v) is 6.99. The third-order valence-corrected chi connectivity index (χ3v) is 3.69. The molecular formula is C15H15ClN4O2. The lowest BCUT2D eigenvalue weighted by molar-refractivity contribution is 0.179. The average Bonchev–Trinajstić information content (AvgIpc) is 2.81. The first-order valence-electron chi connectivity index (χ1n) is 6.61. The summed E-state index contributed by atoms with van der Waals surface area (Å²) in [6.07, 6.45) is 1.47. The molecule has 22 heavy (non-hydrogen) atoms. The van der Waals surface area contributed by atoms with Crippen molar-refractivity contribution < 1.29 is 9.47 Å². The summed E-state index contributed by atoms with van der Waals surface area (Å²) in [5.41, 5.74) is 8.78. The van der Waals surface area contributed by atoms with E-state index in [4.69, 9.17) is 26.8 Å². The quantitative estimate of drug-likeness (QED) is 0.748. The molecule has 3 rings (SSSR count). The lowest BCUT2D eigenvalue weighted by Crippen LogP contribution is -1.99. The maximum Gasteiger partial charge on any atom is 0.247 e. The van der Waals surface area contributed by atoms with Crippen LogP contribution in [0.15, 0.2) is 30.6 Å². The van der Waals surface area contributed by atoms with Crippen LogP contribution in [0.4, 0.5) is 5.69 Å². The molecule has 0 fully saturated rings. The summed E-state index contributed by atoms with van der Waals surface area (Å²) in [5.74, 6) is 1.02. The summed E-state index contributed by atoms with van der Waals surface area (Å²) in [6, 6.07) is 7.04. The van der Waals surface area contributed by atoms with Crippen LogP contribution in [0.2, 0.25) is 5.02 Å². The molecule has 0 amide bonds. The molecule has 114 valence electrons. The highest BCUT2D eigenvalue weighted by atomic mass is 35.5. The van der Waals surface area contributed by atoms with Crippen molar-refractivity contribution in [2.24, 2.45) is 7.05 Å². The van der Waals surface area contributed by atoms with Gasteiger partial charge in [-0.2, -0.15) is 4.98 Å². The van der Waals surface area contributed by atoms with Crippen molar-refractivity contribution in [1.82, 2.24) is 14.5 Å². The Balaban J connectivity index is 2.04. The molecule has 0 radical (unpaired) electrons. The Hall–Kier alpha value is -2.31. The minimum Gasteiger partial charge on any atom is -0.437 e. The van der Waals surface area contributed by atoms with Gasteiger partial charge in [-0.3, -0.25) is 0 Å². The first kappa shape index (κ1) is 14.6. The molecule has 0 atom stereocenters. The summed E-state index contributed by atoms with van der Waals surface area (Å²) < 4.78 is 13.0. The van der Waals surface area contributed by atoms with Gasteiger partial charge in [-0.05, 0) is 18.2 Å².